The first-order valence-electron chi connectivity index (χ1n) is 13.8. The quantitative estimate of drug-likeness (QED) is 0.227. The lowest BCUT2D eigenvalue weighted by Gasteiger charge is -2.17. The summed E-state index contributed by atoms with van der Waals surface area (Å²) in [4.78, 5) is 0. The Kier molecular flexibility index (Phi) is 5.22. The fraction of sp³-hybridized carbons (Fsp3) is 0. The van der Waals surface area contributed by atoms with E-state index in [1.807, 2.05) is 54.6 Å². The van der Waals surface area contributed by atoms with Crippen LogP contribution in [0.2, 0.25) is 0 Å². The summed E-state index contributed by atoms with van der Waals surface area (Å²) < 4.78 is 4.48. The second kappa shape index (κ2) is 9.24. The molecular formula is C38H22N4. The van der Waals surface area contributed by atoms with Gasteiger partial charge in [-0.2, -0.15) is 10.5 Å². The molecule has 0 atom stereocenters. The number of nitriles is 2. The Hall–Kier alpha value is -6.10. The van der Waals surface area contributed by atoms with Crippen LogP contribution in [0.4, 0.5) is 0 Å². The number of aromatic nitrogens is 2. The second-order valence-corrected chi connectivity index (χ2v) is 10.4. The van der Waals surface area contributed by atoms with Crippen molar-refractivity contribution in [3.8, 4) is 34.6 Å². The van der Waals surface area contributed by atoms with Crippen LogP contribution in [-0.2, 0) is 0 Å². The predicted molar refractivity (Wildman–Crippen MR) is 170 cm³/mol. The third-order valence-corrected chi connectivity index (χ3v) is 8.18. The van der Waals surface area contributed by atoms with Gasteiger partial charge < -0.3 is 9.13 Å². The highest BCUT2D eigenvalue weighted by atomic mass is 15.0. The summed E-state index contributed by atoms with van der Waals surface area (Å²) >= 11 is 0. The van der Waals surface area contributed by atoms with E-state index in [0.29, 0.717) is 11.1 Å². The highest BCUT2D eigenvalue weighted by Crippen LogP contribution is 2.39. The lowest BCUT2D eigenvalue weighted by Crippen LogP contribution is -2.01. The minimum Gasteiger partial charge on any atom is -0.309 e. The van der Waals surface area contributed by atoms with Crippen molar-refractivity contribution in [2.45, 2.75) is 0 Å². The maximum absolute atomic E-state index is 10.3. The van der Waals surface area contributed by atoms with Crippen LogP contribution in [0.25, 0.3) is 66.1 Å². The zero-order valence-electron chi connectivity index (χ0n) is 22.5. The second-order valence-electron chi connectivity index (χ2n) is 10.4. The maximum atomic E-state index is 10.3. The Balaban J connectivity index is 1.42. The molecule has 42 heavy (non-hydrogen) atoms. The third-order valence-electron chi connectivity index (χ3n) is 8.18. The van der Waals surface area contributed by atoms with Crippen LogP contribution in [0.15, 0.2) is 133 Å². The van der Waals surface area contributed by atoms with Crippen molar-refractivity contribution >= 4 is 43.6 Å². The van der Waals surface area contributed by atoms with Crippen LogP contribution in [0, 0.1) is 22.7 Å². The Morgan fingerprint density at radius 2 is 1.05 bits per heavy atom. The third kappa shape index (κ3) is 3.40. The molecule has 4 nitrogen and oxygen atoms in total. The first kappa shape index (κ1) is 23.8. The van der Waals surface area contributed by atoms with Gasteiger partial charge in [-0.05, 0) is 60.2 Å². The molecule has 0 aliphatic rings. The summed E-state index contributed by atoms with van der Waals surface area (Å²) in [5.41, 5.74) is 9.39. The molecule has 0 bridgehead atoms. The Bertz CT molecular complexity index is 2390. The van der Waals surface area contributed by atoms with Gasteiger partial charge in [0, 0.05) is 32.8 Å². The van der Waals surface area contributed by atoms with Gasteiger partial charge in [0.1, 0.15) is 6.07 Å². The summed E-state index contributed by atoms with van der Waals surface area (Å²) in [5, 5.41) is 24.3. The van der Waals surface area contributed by atoms with Gasteiger partial charge in [-0.25, -0.2) is 0 Å². The first-order valence-corrected chi connectivity index (χ1v) is 13.8. The zero-order valence-corrected chi connectivity index (χ0v) is 22.5. The number of hydrogen-bond donors (Lipinski definition) is 0. The minimum absolute atomic E-state index is 0.616. The van der Waals surface area contributed by atoms with E-state index in [1.54, 1.807) is 0 Å². The van der Waals surface area contributed by atoms with Crippen molar-refractivity contribution < 1.29 is 0 Å². The summed E-state index contributed by atoms with van der Waals surface area (Å²) in [6.45, 7) is 0. The van der Waals surface area contributed by atoms with Crippen molar-refractivity contribution in [1.82, 2.24) is 9.13 Å². The molecule has 0 saturated carbocycles. The largest absolute Gasteiger partial charge is 0.309 e. The average molecular weight is 535 g/mol. The van der Waals surface area contributed by atoms with Gasteiger partial charge in [0.15, 0.2) is 0 Å². The molecule has 8 aromatic rings. The van der Waals surface area contributed by atoms with Gasteiger partial charge >= 0.3 is 0 Å². The van der Waals surface area contributed by atoms with Gasteiger partial charge in [0.25, 0.3) is 0 Å². The fourth-order valence-corrected chi connectivity index (χ4v) is 6.40. The molecule has 194 valence electrons. The van der Waals surface area contributed by atoms with E-state index in [-0.39, 0.29) is 0 Å². The summed E-state index contributed by atoms with van der Waals surface area (Å²) in [6, 6.07) is 50.1. The first-order chi connectivity index (χ1) is 20.8. The SMILES string of the molecule is N#Cc1ccc2c(c1)c1ccccc1n2-c1cccc(-c2cccc(C#N)c2-n2c3ccccc3c3ccccc32)c1. The van der Waals surface area contributed by atoms with Crippen molar-refractivity contribution in [2.24, 2.45) is 0 Å². The molecule has 0 radical (unpaired) electrons. The molecule has 0 N–H and O–H groups in total. The number of benzene rings is 6. The minimum atomic E-state index is 0.616. The Labute approximate surface area is 242 Å². The van der Waals surface area contributed by atoms with Crippen molar-refractivity contribution in [1.29, 1.82) is 10.5 Å². The molecule has 8 rings (SSSR count). The topological polar surface area (TPSA) is 57.4 Å². The van der Waals surface area contributed by atoms with Gasteiger partial charge in [0.2, 0.25) is 0 Å². The van der Waals surface area contributed by atoms with Gasteiger partial charge in [-0.3, -0.25) is 0 Å². The van der Waals surface area contributed by atoms with Crippen LogP contribution >= 0.6 is 0 Å². The normalized spacial score (nSPS) is 11.3. The summed E-state index contributed by atoms with van der Waals surface area (Å²) in [5.74, 6) is 0. The fourth-order valence-electron chi connectivity index (χ4n) is 6.40. The molecule has 0 aliphatic carbocycles. The lowest BCUT2D eigenvalue weighted by atomic mass is 9.99. The lowest BCUT2D eigenvalue weighted by molar-refractivity contribution is 1.16. The van der Waals surface area contributed by atoms with Gasteiger partial charge in [-0.1, -0.05) is 78.9 Å². The zero-order chi connectivity index (χ0) is 28.2. The number of rotatable bonds is 3. The van der Waals surface area contributed by atoms with Crippen LogP contribution in [-0.4, -0.2) is 9.13 Å². The summed E-state index contributed by atoms with van der Waals surface area (Å²) in [7, 11) is 0. The van der Waals surface area contributed by atoms with E-state index in [1.165, 1.54) is 0 Å². The number of para-hydroxylation sites is 4. The van der Waals surface area contributed by atoms with Crippen LogP contribution in [0.1, 0.15) is 11.1 Å². The molecule has 0 amide bonds. The average Bonchev–Trinajstić information content (AvgIpc) is 3.57. The van der Waals surface area contributed by atoms with Gasteiger partial charge in [-0.15, -0.1) is 0 Å². The molecule has 0 unspecified atom stereocenters. The highest BCUT2D eigenvalue weighted by molar-refractivity contribution is 6.11. The molecule has 0 aliphatic heterocycles. The molecule has 0 spiro atoms. The smallest absolute Gasteiger partial charge is 0.101 e. The molecule has 2 heterocycles. The van der Waals surface area contributed by atoms with Crippen LogP contribution in [0.3, 0.4) is 0 Å². The molecular weight excluding hydrogens is 512 g/mol. The predicted octanol–water partition coefficient (Wildman–Crippen LogP) is 9.29. The molecule has 2 aromatic heterocycles. The molecule has 4 heteroatoms. The van der Waals surface area contributed by atoms with E-state index >= 15 is 0 Å². The van der Waals surface area contributed by atoms with Crippen LogP contribution < -0.4 is 0 Å². The van der Waals surface area contributed by atoms with E-state index in [9.17, 15) is 10.5 Å². The van der Waals surface area contributed by atoms with Crippen molar-refractivity contribution in [3.05, 3.63) is 145 Å². The highest BCUT2D eigenvalue weighted by Gasteiger charge is 2.19. The molecule has 6 aromatic carbocycles. The number of fused-ring (bicyclic) bond motifs is 6. The van der Waals surface area contributed by atoms with E-state index in [2.05, 4.69) is 100 Å². The number of nitrogens with zero attached hydrogens (tertiary/aromatic N) is 4. The van der Waals surface area contributed by atoms with E-state index < -0.39 is 0 Å². The van der Waals surface area contributed by atoms with Gasteiger partial charge in [0.05, 0.1) is 45.0 Å². The number of hydrogen-bond acceptors (Lipinski definition) is 2. The van der Waals surface area contributed by atoms with E-state index in [0.717, 1.165) is 66.1 Å². The maximum Gasteiger partial charge on any atom is 0.101 e. The molecule has 0 saturated heterocycles. The Morgan fingerprint density at radius 3 is 1.71 bits per heavy atom. The van der Waals surface area contributed by atoms with E-state index in [4.69, 9.17) is 0 Å². The standard InChI is InChI=1S/C38H22N4/c39-23-25-19-20-37-33(21-25)32-14-3-4-16-34(32)41(37)28-11-7-9-26(22-28)29-15-8-10-27(24-40)38(29)42-35-17-5-1-12-30(35)31-13-2-6-18-36(31)42/h1-22H. The van der Waals surface area contributed by atoms with Crippen molar-refractivity contribution in [2.75, 3.05) is 0 Å². The summed E-state index contributed by atoms with van der Waals surface area (Å²) in [6.07, 6.45) is 0. The van der Waals surface area contributed by atoms with Crippen molar-refractivity contribution in [3.63, 3.8) is 0 Å². The monoisotopic (exact) mass is 534 g/mol. The molecule has 0 fully saturated rings. The van der Waals surface area contributed by atoms with Crippen LogP contribution in [0.5, 0.6) is 0 Å². The Morgan fingerprint density at radius 1 is 0.452 bits per heavy atom.